The number of pyridine rings is 1. The number of benzene rings is 2. The van der Waals surface area contributed by atoms with Gasteiger partial charge in [-0.15, -0.1) is 0 Å². The van der Waals surface area contributed by atoms with Gasteiger partial charge in [0.15, 0.2) is 5.43 Å². The predicted molar refractivity (Wildman–Crippen MR) is 140 cm³/mol. The second-order valence-electron chi connectivity index (χ2n) is 8.50. The van der Waals surface area contributed by atoms with E-state index in [0.29, 0.717) is 27.9 Å². The summed E-state index contributed by atoms with van der Waals surface area (Å²) >= 11 is 5.95. The summed E-state index contributed by atoms with van der Waals surface area (Å²) in [6, 6.07) is 15.4. The van der Waals surface area contributed by atoms with E-state index in [2.05, 4.69) is 10.3 Å². The van der Waals surface area contributed by atoms with E-state index in [-0.39, 0.29) is 16.3 Å². The van der Waals surface area contributed by atoms with E-state index in [0.717, 1.165) is 18.1 Å². The van der Waals surface area contributed by atoms with Crippen LogP contribution in [0.25, 0.3) is 22.3 Å². The van der Waals surface area contributed by atoms with Crippen LogP contribution in [0.1, 0.15) is 36.6 Å². The molecule has 0 aliphatic heterocycles. The molecule has 2 aromatic heterocycles. The van der Waals surface area contributed by atoms with Gasteiger partial charge in [-0.2, -0.15) is 8.42 Å². The van der Waals surface area contributed by atoms with Crippen LogP contribution in [0.4, 0.5) is 5.69 Å². The van der Waals surface area contributed by atoms with Crippen molar-refractivity contribution < 1.29 is 17.6 Å². The number of amides is 1. The fourth-order valence-electron chi connectivity index (χ4n) is 4.04. The molecule has 0 spiro atoms. The summed E-state index contributed by atoms with van der Waals surface area (Å²) in [4.78, 5) is 28.7. The molecule has 1 atom stereocenters. The number of nitrogens with zero attached hydrogens (tertiary/aromatic N) is 1. The van der Waals surface area contributed by atoms with Crippen LogP contribution in [0, 0.1) is 13.8 Å². The van der Waals surface area contributed by atoms with Crippen LogP contribution in [0.15, 0.2) is 68.8 Å². The lowest BCUT2D eigenvalue weighted by Gasteiger charge is -2.20. The molecule has 10 heteroatoms. The zero-order valence-electron chi connectivity index (χ0n) is 20.0. The summed E-state index contributed by atoms with van der Waals surface area (Å²) in [5.74, 6) is -0.293. The number of sulfonamides is 1. The Bertz CT molecular complexity index is 1650. The Morgan fingerprint density at radius 2 is 1.78 bits per heavy atom. The van der Waals surface area contributed by atoms with Gasteiger partial charge in [0.05, 0.1) is 17.1 Å². The Kier molecular flexibility index (Phi) is 6.88. The van der Waals surface area contributed by atoms with Gasteiger partial charge in [-0.3, -0.25) is 9.59 Å². The molecule has 4 rings (SSSR count). The Morgan fingerprint density at radius 3 is 2.44 bits per heavy atom. The molecule has 8 nitrogen and oxygen atoms in total. The maximum atomic E-state index is 13.3. The molecule has 2 N–H and O–H groups in total. The van der Waals surface area contributed by atoms with Crippen LogP contribution < -0.4 is 15.5 Å². The fraction of sp³-hybridized carbons (Fsp3) is 0.192. The van der Waals surface area contributed by atoms with Crippen LogP contribution in [-0.4, -0.2) is 19.3 Å². The first-order chi connectivity index (χ1) is 17.0. The summed E-state index contributed by atoms with van der Waals surface area (Å²) in [7, 11) is -4.28. The summed E-state index contributed by atoms with van der Waals surface area (Å²) in [6.07, 6.45) is 0. The monoisotopic (exact) mass is 525 g/mol. The van der Waals surface area contributed by atoms with Gasteiger partial charge >= 0.3 is 0 Å². The van der Waals surface area contributed by atoms with E-state index in [9.17, 15) is 18.0 Å². The van der Waals surface area contributed by atoms with Crippen molar-refractivity contribution >= 4 is 44.2 Å². The van der Waals surface area contributed by atoms with Gasteiger partial charge in [0, 0.05) is 23.6 Å². The van der Waals surface area contributed by atoms with Crippen molar-refractivity contribution in [3.05, 3.63) is 86.7 Å². The summed E-state index contributed by atoms with van der Waals surface area (Å²) in [6.45, 7) is 6.49. The number of hydrogen-bond donors (Lipinski definition) is 2. The molecule has 2 aromatic carbocycles. The molecule has 2 heterocycles. The lowest BCUT2D eigenvalue weighted by molar-refractivity contribution is -0.117. The van der Waals surface area contributed by atoms with Gasteiger partial charge in [0.2, 0.25) is 10.9 Å². The zero-order valence-corrected chi connectivity index (χ0v) is 21.6. The Hall–Kier alpha value is -3.69. The summed E-state index contributed by atoms with van der Waals surface area (Å²) in [5, 5.41) is 3.09. The molecule has 0 radical (unpaired) electrons. The van der Waals surface area contributed by atoms with Crippen molar-refractivity contribution in [3.63, 3.8) is 0 Å². The van der Waals surface area contributed by atoms with Crippen molar-refractivity contribution in [2.24, 2.45) is 0 Å². The molecule has 0 bridgehead atoms. The SMILES string of the molecule is CC(=O)NS(=O)(=O)c1nc(Cl)ccc1N[C@H](C)c1cc(C)cc2c(=O)c(C)c(-c3ccccc3)oc12. The molecule has 4 aromatic rings. The molecular weight excluding hydrogens is 502 g/mol. The lowest BCUT2D eigenvalue weighted by atomic mass is 9.99. The van der Waals surface area contributed by atoms with Crippen molar-refractivity contribution in [1.82, 2.24) is 9.71 Å². The third-order valence-electron chi connectivity index (χ3n) is 5.63. The van der Waals surface area contributed by atoms with Crippen molar-refractivity contribution in [2.45, 2.75) is 38.8 Å². The lowest BCUT2D eigenvalue weighted by Crippen LogP contribution is -2.29. The second-order valence-corrected chi connectivity index (χ2v) is 10.5. The number of aryl methyl sites for hydroxylation is 1. The van der Waals surface area contributed by atoms with Gasteiger partial charge in [-0.25, -0.2) is 9.71 Å². The number of anilines is 1. The standard InChI is InChI=1S/C26H24ClN3O5S/c1-14-12-19(16(3)28-21-10-11-22(27)29-26(21)36(33,34)30-17(4)31)25-20(13-14)23(32)15(2)24(35-25)18-8-6-5-7-9-18/h5-13,16,28H,1-4H3,(H,30,31)/t16-/m1/s1. The summed E-state index contributed by atoms with van der Waals surface area (Å²) in [5.41, 5.74) is 3.14. The average Bonchev–Trinajstić information content (AvgIpc) is 2.82. The first-order valence-corrected chi connectivity index (χ1v) is 12.9. The van der Waals surface area contributed by atoms with Crippen LogP contribution in [0.3, 0.4) is 0 Å². The van der Waals surface area contributed by atoms with Crippen LogP contribution in [0.2, 0.25) is 5.15 Å². The number of rotatable bonds is 6. The van der Waals surface area contributed by atoms with E-state index in [4.69, 9.17) is 16.0 Å². The third kappa shape index (κ3) is 4.98. The minimum Gasteiger partial charge on any atom is -0.455 e. The van der Waals surface area contributed by atoms with Crippen LogP contribution >= 0.6 is 11.6 Å². The molecule has 186 valence electrons. The molecular formula is C26H24ClN3O5S. The Labute approximate surface area is 213 Å². The van der Waals surface area contributed by atoms with Crippen LogP contribution in [-0.2, 0) is 14.8 Å². The maximum absolute atomic E-state index is 13.3. The van der Waals surface area contributed by atoms with Gasteiger partial charge in [0.1, 0.15) is 16.5 Å². The summed E-state index contributed by atoms with van der Waals surface area (Å²) < 4.78 is 33.7. The van der Waals surface area contributed by atoms with E-state index in [1.165, 1.54) is 12.1 Å². The normalized spacial score (nSPS) is 12.4. The van der Waals surface area contributed by atoms with E-state index in [1.54, 1.807) is 19.9 Å². The van der Waals surface area contributed by atoms with E-state index >= 15 is 0 Å². The quantitative estimate of drug-likeness (QED) is 0.335. The molecule has 36 heavy (non-hydrogen) atoms. The highest BCUT2D eigenvalue weighted by molar-refractivity contribution is 7.90. The molecule has 0 aliphatic carbocycles. The average molecular weight is 526 g/mol. The second kappa shape index (κ2) is 9.75. The van der Waals surface area contributed by atoms with Gasteiger partial charge in [0.25, 0.3) is 10.0 Å². The minimum atomic E-state index is -4.28. The number of fused-ring (bicyclic) bond motifs is 1. The number of nitrogens with one attached hydrogen (secondary N) is 2. The van der Waals surface area contributed by atoms with Crippen LogP contribution in [0.5, 0.6) is 0 Å². The third-order valence-corrected chi connectivity index (χ3v) is 7.21. The molecule has 0 saturated carbocycles. The molecule has 0 saturated heterocycles. The van der Waals surface area contributed by atoms with E-state index in [1.807, 2.05) is 48.0 Å². The number of carbonyl (C=O) groups is 1. The van der Waals surface area contributed by atoms with Gasteiger partial charge < -0.3 is 9.73 Å². The van der Waals surface area contributed by atoms with Crippen molar-refractivity contribution in [2.75, 3.05) is 5.32 Å². The van der Waals surface area contributed by atoms with Crippen molar-refractivity contribution in [3.8, 4) is 11.3 Å². The number of carbonyl (C=O) groups excluding carboxylic acids is 1. The van der Waals surface area contributed by atoms with Crippen molar-refractivity contribution in [1.29, 1.82) is 0 Å². The molecule has 0 unspecified atom stereocenters. The number of aromatic nitrogens is 1. The highest BCUT2D eigenvalue weighted by Crippen LogP contribution is 2.33. The van der Waals surface area contributed by atoms with Gasteiger partial charge in [-0.1, -0.05) is 48.0 Å². The maximum Gasteiger partial charge on any atom is 0.283 e. The smallest absolute Gasteiger partial charge is 0.283 e. The highest BCUT2D eigenvalue weighted by atomic mass is 35.5. The molecule has 0 aliphatic rings. The predicted octanol–water partition coefficient (Wildman–Crippen LogP) is 5.12. The topological polar surface area (TPSA) is 118 Å². The number of hydrogen-bond acceptors (Lipinski definition) is 7. The molecule has 0 fully saturated rings. The largest absolute Gasteiger partial charge is 0.455 e. The number of halogens is 1. The Balaban J connectivity index is 1.87. The van der Waals surface area contributed by atoms with Gasteiger partial charge in [-0.05, 0) is 44.5 Å². The van der Waals surface area contributed by atoms with E-state index < -0.39 is 27.0 Å². The zero-order chi connectivity index (χ0) is 26.2. The minimum absolute atomic E-state index is 0.0490. The molecule has 1 amide bonds. The Morgan fingerprint density at radius 1 is 1.08 bits per heavy atom. The fourth-order valence-corrected chi connectivity index (χ4v) is 5.34. The first kappa shape index (κ1) is 25.4. The highest BCUT2D eigenvalue weighted by Gasteiger charge is 2.25. The first-order valence-electron chi connectivity index (χ1n) is 11.1.